The minimum atomic E-state index is 0.846. The van der Waals surface area contributed by atoms with Gasteiger partial charge in [0.15, 0.2) is 0 Å². The van der Waals surface area contributed by atoms with Crippen LogP contribution in [-0.4, -0.2) is 4.57 Å². The highest BCUT2D eigenvalue weighted by Crippen LogP contribution is 2.34. The van der Waals surface area contributed by atoms with Crippen LogP contribution in [0.15, 0.2) is 18.5 Å². The van der Waals surface area contributed by atoms with E-state index >= 15 is 0 Å². The summed E-state index contributed by atoms with van der Waals surface area (Å²) in [5, 5.41) is 0. The number of aryl methyl sites for hydroxylation is 1. The van der Waals surface area contributed by atoms with E-state index in [0.717, 1.165) is 6.04 Å². The first-order chi connectivity index (χ1) is 4.36. The monoisotopic (exact) mass is 121 g/mol. The van der Waals surface area contributed by atoms with Gasteiger partial charge in [-0.1, -0.05) is 0 Å². The van der Waals surface area contributed by atoms with E-state index < -0.39 is 0 Å². The van der Waals surface area contributed by atoms with Crippen molar-refractivity contribution in [2.75, 3.05) is 0 Å². The zero-order valence-corrected chi connectivity index (χ0v) is 5.67. The summed E-state index contributed by atoms with van der Waals surface area (Å²) in [4.78, 5) is 0. The molecule has 0 bridgehead atoms. The molecule has 0 aliphatic heterocycles. The molecule has 1 fully saturated rings. The Hall–Kier alpha value is -0.720. The van der Waals surface area contributed by atoms with E-state index in [4.69, 9.17) is 0 Å². The molecule has 48 valence electrons. The molecule has 0 saturated heterocycles. The van der Waals surface area contributed by atoms with Crippen LogP contribution < -0.4 is 0 Å². The van der Waals surface area contributed by atoms with Gasteiger partial charge in [0.1, 0.15) is 0 Å². The van der Waals surface area contributed by atoms with Crippen molar-refractivity contribution in [2.24, 2.45) is 0 Å². The van der Waals surface area contributed by atoms with Gasteiger partial charge in [-0.2, -0.15) is 0 Å². The normalized spacial score (nSPS) is 18.3. The lowest BCUT2D eigenvalue weighted by Gasteiger charge is -1.94. The van der Waals surface area contributed by atoms with Crippen LogP contribution in [-0.2, 0) is 0 Å². The van der Waals surface area contributed by atoms with Crippen LogP contribution in [0.2, 0.25) is 0 Å². The Morgan fingerprint density at radius 3 is 2.78 bits per heavy atom. The third-order valence-electron chi connectivity index (χ3n) is 1.83. The number of nitrogens with zero attached hydrogens (tertiary/aromatic N) is 1. The fourth-order valence-electron chi connectivity index (χ4n) is 1.12. The lowest BCUT2D eigenvalue weighted by atomic mass is 10.4. The van der Waals surface area contributed by atoms with Crippen LogP contribution in [0.3, 0.4) is 0 Å². The highest BCUT2D eigenvalue weighted by Gasteiger charge is 2.22. The fourth-order valence-corrected chi connectivity index (χ4v) is 1.12. The van der Waals surface area contributed by atoms with Crippen molar-refractivity contribution in [1.29, 1.82) is 0 Å². The van der Waals surface area contributed by atoms with E-state index in [1.807, 2.05) is 0 Å². The van der Waals surface area contributed by atoms with Gasteiger partial charge in [0.2, 0.25) is 0 Å². The molecule has 0 aromatic carbocycles. The molecule has 0 N–H and O–H groups in total. The molecule has 1 aliphatic carbocycles. The lowest BCUT2D eigenvalue weighted by molar-refractivity contribution is 0.746. The highest BCUT2D eigenvalue weighted by atomic mass is 15.0. The Morgan fingerprint density at radius 2 is 2.33 bits per heavy atom. The van der Waals surface area contributed by atoms with Crippen LogP contribution in [0.25, 0.3) is 0 Å². The topological polar surface area (TPSA) is 4.93 Å². The quantitative estimate of drug-likeness (QED) is 0.536. The van der Waals surface area contributed by atoms with Gasteiger partial charge in [0.05, 0.1) is 0 Å². The smallest absolute Gasteiger partial charge is 0.0332 e. The molecule has 1 saturated carbocycles. The molecule has 1 aromatic rings. The zero-order chi connectivity index (χ0) is 6.27. The summed E-state index contributed by atoms with van der Waals surface area (Å²) >= 11 is 0. The standard InChI is InChI=1S/C8H11N/c1-7-4-5-9(6-7)8-2-3-8/h4-6,8H,2-3H2,1H3. The van der Waals surface area contributed by atoms with Crippen molar-refractivity contribution >= 4 is 0 Å². The van der Waals surface area contributed by atoms with Crippen molar-refractivity contribution in [3.8, 4) is 0 Å². The van der Waals surface area contributed by atoms with E-state index in [2.05, 4.69) is 30.0 Å². The first-order valence-electron chi connectivity index (χ1n) is 3.50. The number of rotatable bonds is 1. The Labute approximate surface area is 55.3 Å². The maximum Gasteiger partial charge on any atom is 0.0332 e. The fraction of sp³-hybridized carbons (Fsp3) is 0.500. The average molecular weight is 121 g/mol. The zero-order valence-electron chi connectivity index (χ0n) is 5.67. The summed E-state index contributed by atoms with van der Waals surface area (Å²) in [6.45, 7) is 2.14. The molecule has 1 nitrogen and oxygen atoms in total. The third-order valence-corrected chi connectivity index (χ3v) is 1.83. The Kier molecular flexibility index (Phi) is 0.922. The summed E-state index contributed by atoms with van der Waals surface area (Å²) in [6, 6.07) is 3.01. The SMILES string of the molecule is Cc1ccn(C2CC2)c1. The molecule has 1 aromatic heterocycles. The van der Waals surface area contributed by atoms with Crippen LogP contribution in [0.4, 0.5) is 0 Å². The van der Waals surface area contributed by atoms with Gasteiger partial charge in [-0.15, -0.1) is 0 Å². The number of aromatic nitrogens is 1. The van der Waals surface area contributed by atoms with Gasteiger partial charge >= 0.3 is 0 Å². The van der Waals surface area contributed by atoms with Crippen molar-refractivity contribution in [3.63, 3.8) is 0 Å². The van der Waals surface area contributed by atoms with Crippen molar-refractivity contribution in [1.82, 2.24) is 4.57 Å². The maximum absolute atomic E-state index is 2.31. The van der Waals surface area contributed by atoms with Gasteiger partial charge in [-0.05, 0) is 31.4 Å². The van der Waals surface area contributed by atoms with Crippen molar-refractivity contribution < 1.29 is 0 Å². The van der Waals surface area contributed by atoms with Gasteiger partial charge in [-0.3, -0.25) is 0 Å². The molecule has 0 radical (unpaired) electrons. The number of hydrogen-bond acceptors (Lipinski definition) is 0. The predicted octanol–water partition coefficient (Wildman–Crippen LogP) is 2.13. The van der Waals surface area contributed by atoms with Crippen molar-refractivity contribution in [3.05, 3.63) is 24.0 Å². The van der Waals surface area contributed by atoms with E-state index in [0.29, 0.717) is 0 Å². The summed E-state index contributed by atoms with van der Waals surface area (Å²) < 4.78 is 2.31. The second-order valence-corrected chi connectivity index (χ2v) is 2.87. The lowest BCUT2D eigenvalue weighted by Crippen LogP contribution is -1.85. The second-order valence-electron chi connectivity index (χ2n) is 2.87. The first kappa shape index (κ1) is 5.10. The van der Waals surface area contributed by atoms with E-state index in [-0.39, 0.29) is 0 Å². The summed E-state index contributed by atoms with van der Waals surface area (Å²) in [5.74, 6) is 0. The molecule has 9 heavy (non-hydrogen) atoms. The minimum absolute atomic E-state index is 0.846. The van der Waals surface area contributed by atoms with Crippen LogP contribution in [0.1, 0.15) is 24.4 Å². The molecule has 0 spiro atoms. The van der Waals surface area contributed by atoms with Gasteiger partial charge in [0, 0.05) is 18.4 Å². The number of hydrogen-bond donors (Lipinski definition) is 0. The van der Waals surface area contributed by atoms with Gasteiger partial charge < -0.3 is 4.57 Å². The van der Waals surface area contributed by atoms with Gasteiger partial charge in [0.25, 0.3) is 0 Å². The highest BCUT2D eigenvalue weighted by molar-refractivity contribution is 5.09. The molecular weight excluding hydrogens is 110 g/mol. The van der Waals surface area contributed by atoms with E-state index in [9.17, 15) is 0 Å². The molecule has 2 rings (SSSR count). The van der Waals surface area contributed by atoms with Crippen molar-refractivity contribution in [2.45, 2.75) is 25.8 Å². The van der Waals surface area contributed by atoms with Gasteiger partial charge in [-0.25, -0.2) is 0 Å². The van der Waals surface area contributed by atoms with Crippen LogP contribution in [0.5, 0.6) is 0 Å². The molecular formula is C8H11N. The van der Waals surface area contributed by atoms with E-state index in [1.54, 1.807) is 0 Å². The molecule has 1 aliphatic rings. The molecule has 1 heteroatoms. The second kappa shape index (κ2) is 1.63. The third kappa shape index (κ3) is 0.869. The molecule has 1 heterocycles. The van der Waals surface area contributed by atoms with E-state index in [1.165, 1.54) is 18.4 Å². The molecule has 0 atom stereocenters. The summed E-state index contributed by atoms with van der Waals surface area (Å²) in [7, 11) is 0. The largest absolute Gasteiger partial charge is 0.351 e. The minimum Gasteiger partial charge on any atom is -0.351 e. The average Bonchev–Trinajstić information content (AvgIpc) is 2.58. The van der Waals surface area contributed by atoms with Crippen LogP contribution in [0, 0.1) is 6.92 Å². The Bertz CT molecular complexity index is 208. The Balaban J connectivity index is 2.28. The molecule has 0 amide bonds. The summed E-state index contributed by atoms with van der Waals surface area (Å²) in [6.07, 6.45) is 7.16. The predicted molar refractivity (Wildman–Crippen MR) is 37.4 cm³/mol. The Morgan fingerprint density at radius 1 is 1.56 bits per heavy atom. The first-order valence-corrected chi connectivity index (χ1v) is 3.50. The summed E-state index contributed by atoms with van der Waals surface area (Å²) in [5.41, 5.74) is 1.38. The maximum atomic E-state index is 2.31. The van der Waals surface area contributed by atoms with Crippen LogP contribution >= 0.6 is 0 Å². The molecule has 0 unspecified atom stereocenters.